The first-order valence-corrected chi connectivity index (χ1v) is 8.17. The number of hydrogen-bond donors (Lipinski definition) is 1. The highest BCUT2D eigenvalue weighted by atomic mass is 16.2. The summed E-state index contributed by atoms with van der Waals surface area (Å²) >= 11 is 0. The summed E-state index contributed by atoms with van der Waals surface area (Å²) in [5.41, 5.74) is 4.21. The van der Waals surface area contributed by atoms with Gasteiger partial charge in [-0.05, 0) is 61.7 Å². The molecule has 0 unspecified atom stereocenters. The number of pyridine rings is 2. The van der Waals surface area contributed by atoms with E-state index in [-0.39, 0.29) is 5.91 Å². The highest BCUT2D eigenvalue weighted by Gasteiger charge is 2.18. The van der Waals surface area contributed by atoms with Crippen LogP contribution in [0.5, 0.6) is 0 Å². The van der Waals surface area contributed by atoms with Gasteiger partial charge >= 0.3 is 0 Å². The third-order valence-electron chi connectivity index (χ3n) is 4.14. The normalized spacial score (nSPS) is 16.3. The Morgan fingerprint density at radius 1 is 1.21 bits per heavy atom. The maximum absolute atomic E-state index is 11.8. The van der Waals surface area contributed by atoms with Crippen molar-refractivity contribution in [3.63, 3.8) is 0 Å². The van der Waals surface area contributed by atoms with E-state index in [1.807, 2.05) is 18.6 Å². The van der Waals surface area contributed by atoms with E-state index in [0.717, 1.165) is 32.5 Å². The molecule has 2 aromatic heterocycles. The van der Waals surface area contributed by atoms with Gasteiger partial charge in [0, 0.05) is 31.3 Å². The fraction of sp³-hybridized carbons (Fsp3) is 0.333. The Kier molecular flexibility index (Phi) is 5.63. The molecule has 0 radical (unpaired) electrons. The SMILES string of the molecule is O=C(NN=CC1CCN(Cc2ccncc2)CC1)c1ccccn1. The first-order chi connectivity index (χ1) is 11.8. The van der Waals surface area contributed by atoms with Gasteiger partial charge in [0.05, 0.1) is 0 Å². The number of rotatable bonds is 5. The van der Waals surface area contributed by atoms with Crippen LogP contribution in [0.15, 0.2) is 54.0 Å². The Bertz CT molecular complexity index is 666. The molecular weight excluding hydrogens is 302 g/mol. The van der Waals surface area contributed by atoms with Gasteiger partial charge in [-0.2, -0.15) is 5.10 Å². The van der Waals surface area contributed by atoms with E-state index >= 15 is 0 Å². The highest BCUT2D eigenvalue weighted by Crippen LogP contribution is 2.17. The molecule has 124 valence electrons. The number of nitrogens with zero attached hydrogens (tertiary/aromatic N) is 4. The van der Waals surface area contributed by atoms with E-state index in [0.29, 0.717) is 11.6 Å². The molecule has 0 saturated carbocycles. The summed E-state index contributed by atoms with van der Waals surface area (Å²) in [5, 5.41) is 4.09. The van der Waals surface area contributed by atoms with Crippen molar-refractivity contribution in [2.45, 2.75) is 19.4 Å². The Hall–Kier alpha value is -2.60. The fourth-order valence-corrected chi connectivity index (χ4v) is 2.76. The van der Waals surface area contributed by atoms with Gasteiger partial charge in [0.2, 0.25) is 0 Å². The van der Waals surface area contributed by atoms with Crippen molar-refractivity contribution in [3.05, 3.63) is 60.2 Å². The van der Waals surface area contributed by atoms with Crippen LogP contribution in [0.25, 0.3) is 0 Å². The predicted molar refractivity (Wildman–Crippen MR) is 92.4 cm³/mol. The van der Waals surface area contributed by atoms with E-state index in [2.05, 4.69) is 37.5 Å². The summed E-state index contributed by atoms with van der Waals surface area (Å²) in [6.07, 6.45) is 9.21. The van der Waals surface area contributed by atoms with Crippen LogP contribution in [0, 0.1) is 5.92 Å². The standard InChI is InChI=1S/C18H21N5O/c24-18(17-3-1-2-8-20-17)22-21-13-15-6-11-23(12-7-15)14-16-4-9-19-10-5-16/h1-5,8-10,13,15H,6-7,11-12,14H2,(H,22,24). The second-order valence-corrected chi connectivity index (χ2v) is 5.90. The first kappa shape index (κ1) is 16.3. The number of piperidine rings is 1. The Balaban J connectivity index is 1.41. The maximum atomic E-state index is 11.8. The van der Waals surface area contributed by atoms with Gasteiger partial charge in [0.25, 0.3) is 5.91 Å². The fourth-order valence-electron chi connectivity index (χ4n) is 2.76. The lowest BCUT2D eigenvalue weighted by atomic mass is 9.98. The zero-order valence-electron chi connectivity index (χ0n) is 13.5. The molecule has 3 rings (SSSR count). The van der Waals surface area contributed by atoms with E-state index in [4.69, 9.17) is 0 Å². The summed E-state index contributed by atoms with van der Waals surface area (Å²) in [7, 11) is 0. The lowest BCUT2D eigenvalue weighted by Crippen LogP contribution is -2.34. The Morgan fingerprint density at radius 2 is 2.00 bits per heavy atom. The van der Waals surface area contributed by atoms with Gasteiger partial charge in [-0.3, -0.25) is 19.7 Å². The number of hydrazone groups is 1. The number of hydrogen-bond acceptors (Lipinski definition) is 5. The number of nitrogens with one attached hydrogen (secondary N) is 1. The Morgan fingerprint density at radius 3 is 2.71 bits per heavy atom. The van der Waals surface area contributed by atoms with Crippen LogP contribution >= 0.6 is 0 Å². The molecule has 1 saturated heterocycles. The van der Waals surface area contributed by atoms with E-state index in [9.17, 15) is 4.79 Å². The number of carbonyl (C=O) groups excluding carboxylic acids is 1. The third-order valence-corrected chi connectivity index (χ3v) is 4.14. The zero-order chi connectivity index (χ0) is 16.6. The highest BCUT2D eigenvalue weighted by molar-refractivity contribution is 5.92. The molecule has 1 fully saturated rings. The smallest absolute Gasteiger partial charge is 0.289 e. The van der Waals surface area contributed by atoms with Gasteiger partial charge in [0.15, 0.2) is 0 Å². The topological polar surface area (TPSA) is 70.5 Å². The molecule has 3 heterocycles. The van der Waals surface area contributed by atoms with Crippen LogP contribution in [-0.2, 0) is 6.54 Å². The largest absolute Gasteiger partial charge is 0.299 e. The van der Waals surface area contributed by atoms with Gasteiger partial charge in [-0.1, -0.05) is 6.07 Å². The van der Waals surface area contributed by atoms with Crippen molar-refractivity contribution in [2.75, 3.05) is 13.1 Å². The molecule has 1 aliphatic heterocycles. The first-order valence-electron chi connectivity index (χ1n) is 8.17. The molecular formula is C18H21N5O. The molecule has 0 aliphatic carbocycles. The number of aromatic nitrogens is 2. The molecule has 0 bridgehead atoms. The van der Waals surface area contributed by atoms with Gasteiger partial charge in [-0.25, -0.2) is 5.43 Å². The molecule has 0 spiro atoms. The van der Waals surface area contributed by atoms with E-state index in [1.54, 1.807) is 24.4 Å². The average Bonchev–Trinajstić information content (AvgIpc) is 2.65. The van der Waals surface area contributed by atoms with Crippen LogP contribution < -0.4 is 5.43 Å². The third kappa shape index (κ3) is 4.70. The van der Waals surface area contributed by atoms with E-state index < -0.39 is 0 Å². The van der Waals surface area contributed by atoms with Crippen LogP contribution in [0.1, 0.15) is 28.9 Å². The van der Waals surface area contributed by atoms with Crippen molar-refractivity contribution in [3.8, 4) is 0 Å². The molecule has 2 aromatic rings. The molecule has 1 N–H and O–H groups in total. The molecule has 6 nitrogen and oxygen atoms in total. The lowest BCUT2D eigenvalue weighted by molar-refractivity contribution is 0.0949. The minimum atomic E-state index is -0.276. The second-order valence-electron chi connectivity index (χ2n) is 5.90. The molecule has 1 amide bonds. The van der Waals surface area contributed by atoms with Crippen LogP contribution in [0.4, 0.5) is 0 Å². The van der Waals surface area contributed by atoms with Crippen LogP contribution in [0.2, 0.25) is 0 Å². The minimum absolute atomic E-state index is 0.276. The van der Waals surface area contributed by atoms with Crippen LogP contribution in [0.3, 0.4) is 0 Å². The van der Waals surface area contributed by atoms with Crippen molar-refractivity contribution in [1.29, 1.82) is 0 Å². The summed E-state index contributed by atoms with van der Waals surface area (Å²) < 4.78 is 0. The summed E-state index contributed by atoms with van der Waals surface area (Å²) in [5.74, 6) is 0.129. The Labute approximate surface area is 141 Å². The van der Waals surface area contributed by atoms with E-state index in [1.165, 1.54) is 5.56 Å². The molecule has 6 heteroatoms. The quantitative estimate of drug-likeness (QED) is 0.676. The average molecular weight is 323 g/mol. The number of amides is 1. The monoisotopic (exact) mass is 323 g/mol. The zero-order valence-corrected chi connectivity index (χ0v) is 13.5. The van der Waals surface area contributed by atoms with Crippen molar-refractivity contribution >= 4 is 12.1 Å². The summed E-state index contributed by atoms with van der Waals surface area (Å²) in [4.78, 5) is 22.3. The number of carbonyl (C=O) groups is 1. The van der Waals surface area contributed by atoms with Crippen LogP contribution in [-0.4, -0.2) is 40.1 Å². The van der Waals surface area contributed by atoms with Gasteiger partial charge in [-0.15, -0.1) is 0 Å². The van der Waals surface area contributed by atoms with Gasteiger partial charge < -0.3 is 0 Å². The molecule has 1 aliphatic rings. The second kappa shape index (κ2) is 8.31. The predicted octanol–water partition coefficient (Wildman–Crippen LogP) is 2.10. The summed E-state index contributed by atoms with van der Waals surface area (Å²) in [6.45, 7) is 3.03. The molecule has 0 atom stereocenters. The summed E-state index contributed by atoms with van der Waals surface area (Å²) in [6, 6.07) is 9.34. The van der Waals surface area contributed by atoms with Crippen molar-refractivity contribution < 1.29 is 4.79 Å². The molecule has 24 heavy (non-hydrogen) atoms. The van der Waals surface area contributed by atoms with Crippen molar-refractivity contribution in [1.82, 2.24) is 20.3 Å². The number of likely N-dealkylation sites (tertiary alicyclic amines) is 1. The maximum Gasteiger partial charge on any atom is 0.289 e. The lowest BCUT2D eigenvalue weighted by Gasteiger charge is -2.30. The molecule has 0 aromatic carbocycles. The minimum Gasteiger partial charge on any atom is -0.299 e. The van der Waals surface area contributed by atoms with Crippen molar-refractivity contribution in [2.24, 2.45) is 11.0 Å². The van der Waals surface area contributed by atoms with Gasteiger partial charge in [0.1, 0.15) is 5.69 Å².